The van der Waals surface area contributed by atoms with Gasteiger partial charge in [0, 0.05) is 43.4 Å². The number of nitriles is 1. The van der Waals surface area contributed by atoms with E-state index in [2.05, 4.69) is 21.6 Å². The van der Waals surface area contributed by atoms with Crippen molar-refractivity contribution >= 4 is 21.4 Å². The lowest BCUT2D eigenvalue weighted by molar-refractivity contribution is -0.131. The number of nitrogens with zero attached hydrogens (tertiary/aromatic N) is 2. The summed E-state index contributed by atoms with van der Waals surface area (Å²) in [4.78, 5) is 15.5. The summed E-state index contributed by atoms with van der Waals surface area (Å²) in [5.41, 5.74) is 1.92. The maximum atomic E-state index is 13.2. The Labute approximate surface area is 258 Å². The van der Waals surface area contributed by atoms with Crippen molar-refractivity contribution in [1.82, 2.24) is 10.6 Å². The molecule has 0 radical (unpaired) electrons. The Morgan fingerprint density at radius 1 is 1.07 bits per heavy atom. The number of sulfone groups is 1. The summed E-state index contributed by atoms with van der Waals surface area (Å²) in [5, 5.41) is 15.8. The molecule has 2 aromatic carbocycles. The van der Waals surface area contributed by atoms with E-state index in [0.717, 1.165) is 31.4 Å². The van der Waals surface area contributed by atoms with E-state index in [0.29, 0.717) is 42.7 Å². The van der Waals surface area contributed by atoms with Crippen LogP contribution in [0.3, 0.4) is 0 Å². The van der Waals surface area contributed by atoms with Gasteiger partial charge in [0.25, 0.3) is 5.91 Å². The molecular weight excluding hydrogens is 590 g/mol. The van der Waals surface area contributed by atoms with Crippen LogP contribution in [0, 0.1) is 11.3 Å². The number of benzene rings is 2. The second kappa shape index (κ2) is 15.8. The van der Waals surface area contributed by atoms with Crippen molar-refractivity contribution in [2.24, 2.45) is 0 Å². The maximum absolute atomic E-state index is 13.2. The van der Waals surface area contributed by atoms with E-state index in [9.17, 15) is 22.0 Å². The Bertz CT molecular complexity index is 1360. The van der Waals surface area contributed by atoms with Crippen molar-refractivity contribution in [3.05, 3.63) is 59.7 Å². The lowest BCUT2D eigenvalue weighted by Crippen LogP contribution is -2.42. The number of nitrogens with one attached hydrogen (secondary N) is 2. The average molecular weight is 633 g/mol. The summed E-state index contributed by atoms with van der Waals surface area (Å²) in [7, 11) is -1.62. The standard InChI is InChI=1S/C32H42F2N4O5S/c1-3-44(40,41)29-16-8-22(9-17-29)30(5-4-18-35)37-31(39)23-6-12-26(13-7-23)38-20-25(19-27(38)21-43-32(33)34)36-24-10-14-28(42-2)15-11-24/h6-9,12-13,16-17,24-25,27-28,30,32,36H,3-5,10-11,14-15,19-21H2,1-2H3,(H,37,39)/t24?,25-,27-,28?,30-/m0/s1. The van der Waals surface area contributed by atoms with Gasteiger partial charge in [0.1, 0.15) is 0 Å². The van der Waals surface area contributed by atoms with Crippen LogP contribution in [-0.2, 0) is 19.3 Å². The van der Waals surface area contributed by atoms with Crippen molar-refractivity contribution in [3.63, 3.8) is 0 Å². The molecule has 44 heavy (non-hydrogen) atoms. The predicted octanol–water partition coefficient (Wildman–Crippen LogP) is 4.99. The molecule has 2 aromatic rings. The summed E-state index contributed by atoms with van der Waals surface area (Å²) >= 11 is 0. The molecular formula is C32H42F2N4O5S. The van der Waals surface area contributed by atoms with Gasteiger partial charge in [0.15, 0.2) is 9.84 Å². The Balaban J connectivity index is 1.43. The summed E-state index contributed by atoms with van der Waals surface area (Å²) < 4.78 is 60.4. The van der Waals surface area contributed by atoms with Crippen molar-refractivity contribution in [2.45, 2.75) is 93.6 Å². The van der Waals surface area contributed by atoms with Crippen LogP contribution in [0.2, 0.25) is 0 Å². The van der Waals surface area contributed by atoms with Crippen molar-refractivity contribution in [3.8, 4) is 6.07 Å². The molecule has 0 bridgehead atoms. The fraction of sp³-hybridized carbons (Fsp3) is 0.562. The second-order valence-electron chi connectivity index (χ2n) is 11.5. The summed E-state index contributed by atoms with van der Waals surface area (Å²) in [6, 6.07) is 15.2. The first-order chi connectivity index (χ1) is 21.1. The second-order valence-corrected chi connectivity index (χ2v) is 13.7. The number of amides is 1. The first-order valence-corrected chi connectivity index (χ1v) is 16.8. The molecule has 9 nitrogen and oxygen atoms in total. The molecule has 1 aliphatic carbocycles. The SMILES string of the molecule is CCS(=O)(=O)c1ccc([C@H](CCC#N)NC(=O)c2ccc(N3C[C@@H](NC4CCC(OC)CC4)C[C@H]3COC(F)F)cc2)cc1. The van der Waals surface area contributed by atoms with E-state index in [1.807, 2.05) is 12.1 Å². The Morgan fingerprint density at radius 3 is 2.34 bits per heavy atom. The van der Waals surface area contributed by atoms with Crippen LogP contribution < -0.4 is 15.5 Å². The molecule has 3 atom stereocenters. The molecule has 1 aliphatic heterocycles. The number of carbonyl (C=O) groups is 1. The van der Waals surface area contributed by atoms with Gasteiger partial charge in [0.05, 0.1) is 41.5 Å². The molecule has 1 saturated carbocycles. The molecule has 1 saturated heterocycles. The van der Waals surface area contributed by atoms with Gasteiger partial charge < -0.3 is 25.0 Å². The lowest BCUT2D eigenvalue weighted by atomic mass is 9.92. The highest BCUT2D eigenvalue weighted by atomic mass is 32.2. The predicted molar refractivity (Wildman–Crippen MR) is 163 cm³/mol. The molecule has 2 N–H and O–H groups in total. The third-order valence-electron chi connectivity index (χ3n) is 8.64. The lowest BCUT2D eigenvalue weighted by Gasteiger charge is -2.30. The largest absolute Gasteiger partial charge is 0.381 e. The van der Waals surface area contributed by atoms with Crippen molar-refractivity contribution < 1.29 is 31.5 Å². The van der Waals surface area contributed by atoms with E-state index in [4.69, 9.17) is 14.7 Å². The third-order valence-corrected chi connectivity index (χ3v) is 10.4. The number of ether oxygens (including phenoxy) is 2. The summed E-state index contributed by atoms with van der Waals surface area (Å²) in [6.07, 6.45) is 5.54. The fourth-order valence-electron chi connectivity index (χ4n) is 6.15. The molecule has 4 rings (SSSR count). The maximum Gasteiger partial charge on any atom is 0.345 e. The van der Waals surface area contributed by atoms with Crippen LogP contribution in [0.4, 0.5) is 14.5 Å². The number of anilines is 1. The zero-order valence-electron chi connectivity index (χ0n) is 25.3. The number of alkyl halides is 2. The van der Waals surface area contributed by atoms with E-state index >= 15 is 0 Å². The van der Waals surface area contributed by atoms with Crippen LogP contribution in [0.15, 0.2) is 53.4 Å². The van der Waals surface area contributed by atoms with Crippen LogP contribution in [-0.4, -0.2) is 71.2 Å². The van der Waals surface area contributed by atoms with Gasteiger partial charge in [-0.2, -0.15) is 14.0 Å². The smallest absolute Gasteiger partial charge is 0.345 e. The molecule has 0 aromatic heterocycles. The van der Waals surface area contributed by atoms with Gasteiger partial charge in [-0.3, -0.25) is 4.79 Å². The molecule has 12 heteroatoms. The zero-order chi connectivity index (χ0) is 31.7. The highest BCUT2D eigenvalue weighted by Crippen LogP contribution is 2.29. The van der Waals surface area contributed by atoms with Crippen LogP contribution >= 0.6 is 0 Å². The zero-order valence-corrected chi connectivity index (χ0v) is 26.1. The summed E-state index contributed by atoms with van der Waals surface area (Å²) in [6.45, 7) is -0.739. The van der Waals surface area contributed by atoms with E-state index in [1.165, 1.54) is 12.1 Å². The van der Waals surface area contributed by atoms with Gasteiger partial charge >= 0.3 is 6.61 Å². The van der Waals surface area contributed by atoms with Crippen molar-refractivity contribution in [2.75, 3.05) is 30.9 Å². The third kappa shape index (κ3) is 8.97. The fourth-order valence-corrected chi connectivity index (χ4v) is 7.03. The normalized spacial score (nSPS) is 23.0. The number of hydrogen-bond donors (Lipinski definition) is 2. The van der Waals surface area contributed by atoms with Gasteiger partial charge in [-0.15, -0.1) is 0 Å². The van der Waals surface area contributed by atoms with Crippen LogP contribution in [0.5, 0.6) is 0 Å². The van der Waals surface area contributed by atoms with Gasteiger partial charge in [-0.05, 0) is 80.5 Å². The van der Waals surface area contributed by atoms with E-state index in [1.54, 1.807) is 38.3 Å². The number of hydrogen-bond acceptors (Lipinski definition) is 8. The monoisotopic (exact) mass is 632 g/mol. The molecule has 1 heterocycles. The Kier molecular flexibility index (Phi) is 12.1. The number of methoxy groups -OCH3 is 1. The molecule has 1 amide bonds. The first-order valence-electron chi connectivity index (χ1n) is 15.2. The Hall–Kier alpha value is -3.11. The molecule has 0 spiro atoms. The molecule has 2 aliphatic rings. The van der Waals surface area contributed by atoms with Crippen molar-refractivity contribution in [1.29, 1.82) is 5.26 Å². The Morgan fingerprint density at radius 2 is 1.75 bits per heavy atom. The number of carbonyl (C=O) groups excluding carboxylic acids is 1. The van der Waals surface area contributed by atoms with E-state index < -0.39 is 22.5 Å². The minimum Gasteiger partial charge on any atom is -0.381 e. The van der Waals surface area contributed by atoms with E-state index in [-0.39, 0.29) is 41.7 Å². The molecule has 0 unspecified atom stereocenters. The minimum absolute atomic E-state index is 0.0126. The van der Waals surface area contributed by atoms with Crippen LogP contribution in [0.1, 0.15) is 73.8 Å². The van der Waals surface area contributed by atoms with Gasteiger partial charge in [0.2, 0.25) is 0 Å². The number of halogens is 2. The highest BCUT2D eigenvalue weighted by Gasteiger charge is 2.35. The number of rotatable bonds is 14. The molecule has 240 valence electrons. The minimum atomic E-state index is -3.36. The highest BCUT2D eigenvalue weighted by molar-refractivity contribution is 7.91. The molecule has 2 fully saturated rings. The quantitative estimate of drug-likeness (QED) is 0.299. The summed E-state index contributed by atoms with van der Waals surface area (Å²) in [5.74, 6) is -0.351. The first kappa shape index (κ1) is 33.8. The van der Waals surface area contributed by atoms with Crippen LogP contribution in [0.25, 0.3) is 0 Å². The van der Waals surface area contributed by atoms with Gasteiger partial charge in [-0.1, -0.05) is 19.1 Å². The average Bonchev–Trinajstić information content (AvgIpc) is 3.44. The topological polar surface area (TPSA) is 121 Å². The van der Waals surface area contributed by atoms with Gasteiger partial charge in [-0.25, -0.2) is 8.42 Å².